The van der Waals surface area contributed by atoms with Gasteiger partial charge in [-0.3, -0.25) is 4.90 Å². The van der Waals surface area contributed by atoms with Crippen molar-refractivity contribution in [3.63, 3.8) is 0 Å². The SMILES string of the molecule is CC(C)(C)[C@@H]([C@@H](Oc1ccc(Cl)cc1)n1cncn1)n1nnnc1[C@@H](c1ccc(Cl)cc1Cl)N1CCCCC1. The van der Waals surface area contributed by atoms with E-state index in [1.54, 1.807) is 29.2 Å². The van der Waals surface area contributed by atoms with E-state index >= 15 is 0 Å². The van der Waals surface area contributed by atoms with Gasteiger partial charge in [0.15, 0.2) is 5.82 Å². The Hall–Kier alpha value is -2.72. The summed E-state index contributed by atoms with van der Waals surface area (Å²) in [5.74, 6) is 1.31. The van der Waals surface area contributed by atoms with Crippen LogP contribution in [-0.4, -0.2) is 53.0 Å². The zero-order chi connectivity index (χ0) is 27.6. The number of hydrogen-bond acceptors (Lipinski definition) is 7. The first-order valence-electron chi connectivity index (χ1n) is 13.0. The van der Waals surface area contributed by atoms with Gasteiger partial charge in [0.05, 0.1) is 6.04 Å². The van der Waals surface area contributed by atoms with E-state index in [0.717, 1.165) is 31.5 Å². The Morgan fingerprint density at radius 1 is 0.923 bits per heavy atom. The molecule has 2 aromatic heterocycles. The largest absolute Gasteiger partial charge is 0.466 e. The van der Waals surface area contributed by atoms with Crippen molar-refractivity contribution in [2.75, 3.05) is 13.1 Å². The molecule has 3 heterocycles. The molecule has 4 aromatic rings. The number of halogens is 3. The van der Waals surface area contributed by atoms with Gasteiger partial charge in [0, 0.05) is 15.1 Å². The van der Waals surface area contributed by atoms with E-state index in [9.17, 15) is 0 Å². The molecule has 3 atom stereocenters. The topological polar surface area (TPSA) is 86.8 Å². The van der Waals surface area contributed by atoms with Crippen molar-refractivity contribution in [3.05, 3.63) is 81.6 Å². The van der Waals surface area contributed by atoms with Crippen molar-refractivity contribution >= 4 is 34.8 Å². The Labute approximate surface area is 243 Å². The highest BCUT2D eigenvalue weighted by Crippen LogP contribution is 2.43. The summed E-state index contributed by atoms with van der Waals surface area (Å²) in [7, 11) is 0. The van der Waals surface area contributed by atoms with Crippen LogP contribution >= 0.6 is 34.8 Å². The second kappa shape index (κ2) is 11.8. The molecule has 0 bridgehead atoms. The van der Waals surface area contributed by atoms with Gasteiger partial charge in [-0.15, -0.1) is 5.10 Å². The molecule has 2 aromatic carbocycles. The molecule has 5 rings (SSSR count). The van der Waals surface area contributed by atoms with Gasteiger partial charge in [0.1, 0.15) is 24.4 Å². The van der Waals surface area contributed by atoms with Crippen LogP contribution in [0.25, 0.3) is 0 Å². The fourth-order valence-corrected chi connectivity index (χ4v) is 5.80. The Morgan fingerprint density at radius 3 is 2.28 bits per heavy atom. The van der Waals surface area contributed by atoms with Crippen molar-refractivity contribution in [2.45, 2.75) is 58.3 Å². The van der Waals surface area contributed by atoms with E-state index in [1.165, 1.54) is 12.7 Å². The van der Waals surface area contributed by atoms with Crippen LogP contribution in [0, 0.1) is 5.41 Å². The molecular weight excluding hydrogens is 559 g/mol. The summed E-state index contributed by atoms with van der Waals surface area (Å²) in [5.41, 5.74) is 0.534. The molecule has 0 saturated carbocycles. The maximum absolute atomic E-state index is 6.80. The first-order valence-corrected chi connectivity index (χ1v) is 14.1. The van der Waals surface area contributed by atoms with E-state index in [2.05, 4.69) is 51.3 Å². The summed E-state index contributed by atoms with van der Waals surface area (Å²) in [6.45, 7) is 8.20. The Kier molecular flexibility index (Phi) is 8.42. The molecule has 0 unspecified atom stereocenters. The first kappa shape index (κ1) is 27.8. The van der Waals surface area contributed by atoms with E-state index in [4.69, 9.17) is 39.5 Å². The number of benzene rings is 2. The third-order valence-electron chi connectivity index (χ3n) is 6.96. The molecule has 0 aliphatic carbocycles. The zero-order valence-electron chi connectivity index (χ0n) is 22.1. The molecule has 9 nitrogen and oxygen atoms in total. The van der Waals surface area contributed by atoms with Gasteiger partial charge in [0.2, 0.25) is 6.23 Å². The lowest BCUT2D eigenvalue weighted by atomic mass is 9.85. The zero-order valence-corrected chi connectivity index (χ0v) is 24.4. The fraction of sp³-hybridized carbons (Fsp3) is 0.444. The number of tetrazole rings is 1. The van der Waals surface area contributed by atoms with E-state index in [-0.39, 0.29) is 11.5 Å². The quantitative estimate of drug-likeness (QED) is 0.227. The number of nitrogens with zero attached hydrogens (tertiary/aromatic N) is 8. The lowest BCUT2D eigenvalue weighted by Crippen LogP contribution is -2.41. The first-order chi connectivity index (χ1) is 18.7. The number of likely N-dealkylation sites (tertiary alicyclic amines) is 1. The molecule has 206 valence electrons. The van der Waals surface area contributed by atoms with E-state index in [0.29, 0.717) is 26.6 Å². The van der Waals surface area contributed by atoms with Gasteiger partial charge in [-0.05, 0) is 83.7 Å². The number of hydrogen-bond donors (Lipinski definition) is 0. The van der Waals surface area contributed by atoms with Crippen LogP contribution in [-0.2, 0) is 0 Å². The molecule has 0 spiro atoms. The Morgan fingerprint density at radius 2 is 1.64 bits per heavy atom. The average Bonchev–Trinajstić information content (AvgIpc) is 3.59. The van der Waals surface area contributed by atoms with Gasteiger partial charge in [-0.1, -0.05) is 68.1 Å². The Bertz CT molecular complexity index is 1360. The van der Waals surface area contributed by atoms with Crippen LogP contribution < -0.4 is 4.74 Å². The Balaban J connectivity index is 1.64. The molecule has 0 N–H and O–H groups in total. The van der Waals surface area contributed by atoms with Gasteiger partial charge in [0.25, 0.3) is 0 Å². The summed E-state index contributed by atoms with van der Waals surface area (Å²) >= 11 is 19.2. The van der Waals surface area contributed by atoms with Crippen LogP contribution in [0.5, 0.6) is 5.75 Å². The van der Waals surface area contributed by atoms with Crippen molar-refractivity contribution < 1.29 is 4.74 Å². The van der Waals surface area contributed by atoms with Crippen molar-refractivity contribution in [1.82, 2.24) is 39.9 Å². The molecule has 1 aliphatic rings. The second-order valence-electron chi connectivity index (χ2n) is 10.8. The summed E-state index contributed by atoms with van der Waals surface area (Å²) in [6, 6.07) is 12.2. The molecule has 39 heavy (non-hydrogen) atoms. The number of aromatic nitrogens is 7. The van der Waals surface area contributed by atoms with Crippen LogP contribution in [0.1, 0.15) is 69.7 Å². The molecule has 1 saturated heterocycles. The summed E-state index contributed by atoms with van der Waals surface area (Å²) in [4.78, 5) is 6.59. The van der Waals surface area contributed by atoms with E-state index in [1.807, 2.05) is 28.9 Å². The third kappa shape index (κ3) is 6.22. The monoisotopic (exact) mass is 588 g/mol. The number of ether oxygens (including phenoxy) is 1. The maximum Gasteiger partial charge on any atom is 0.215 e. The predicted octanol–water partition coefficient (Wildman–Crippen LogP) is 6.67. The normalized spacial score (nSPS) is 17.1. The van der Waals surface area contributed by atoms with Crippen LogP contribution in [0.3, 0.4) is 0 Å². The molecule has 12 heteroatoms. The van der Waals surface area contributed by atoms with Crippen LogP contribution in [0.2, 0.25) is 15.1 Å². The van der Waals surface area contributed by atoms with Gasteiger partial charge < -0.3 is 4.74 Å². The van der Waals surface area contributed by atoms with Crippen molar-refractivity contribution in [1.29, 1.82) is 0 Å². The van der Waals surface area contributed by atoms with Gasteiger partial charge in [-0.25, -0.2) is 14.3 Å². The molecule has 1 fully saturated rings. The number of piperidine rings is 1. The van der Waals surface area contributed by atoms with Crippen molar-refractivity contribution in [3.8, 4) is 5.75 Å². The standard InChI is InChI=1S/C27H31Cl3N8O/c1-27(2,3)24(26(37-17-31-16-32-37)39-20-10-7-18(28)8-11-20)38-25(33-34-35-38)23(36-13-5-4-6-14-36)21-12-9-19(29)15-22(21)30/h7-12,15-17,23-24,26H,4-6,13-14H2,1-3H3/t23-,24-,26-/m1/s1. The highest BCUT2D eigenvalue weighted by molar-refractivity contribution is 6.35. The predicted molar refractivity (Wildman–Crippen MR) is 151 cm³/mol. The minimum Gasteiger partial charge on any atom is -0.466 e. The maximum atomic E-state index is 6.80. The average molecular weight is 590 g/mol. The van der Waals surface area contributed by atoms with Crippen LogP contribution in [0.4, 0.5) is 0 Å². The summed E-state index contributed by atoms with van der Waals surface area (Å²) < 4.78 is 10.1. The highest BCUT2D eigenvalue weighted by atomic mass is 35.5. The molecular formula is C27H31Cl3N8O. The summed E-state index contributed by atoms with van der Waals surface area (Å²) in [6.07, 6.45) is 5.87. The molecule has 1 aliphatic heterocycles. The lowest BCUT2D eigenvalue weighted by Gasteiger charge is -2.39. The fourth-order valence-electron chi connectivity index (χ4n) is 5.16. The van der Waals surface area contributed by atoms with E-state index < -0.39 is 12.3 Å². The third-order valence-corrected chi connectivity index (χ3v) is 7.78. The molecule has 0 amide bonds. The smallest absolute Gasteiger partial charge is 0.215 e. The summed E-state index contributed by atoms with van der Waals surface area (Å²) in [5, 5.41) is 19.6. The van der Waals surface area contributed by atoms with Crippen LogP contribution in [0.15, 0.2) is 55.1 Å². The van der Waals surface area contributed by atoms with Crippen molar-refractivity contribution in [2.24, 2.45) is 5.41 Å². The van der Waals surface area contributed by atoms with Gasteiger partial charge in [-0.2, -0.15) is 5.10 Å². The number of rotatable bonds is 8. The minimum absolute atomic E-state index is 0.276. The second-order valence-corrected chi connectivity index (χ2v) is 12.1. The minimum atomic E-state index is -0.626. The highest BCUT2D eigenvalue weighted by Gasteiger charge is 2.42. The molecule has 0 radical (unpaired) electrons. The lowest BCUT2D eigenvalue weighted by molar-refractivity contribution is -0.00232. The van der Waals surface area contributed by atoms with Gasteiger partial charge >= 0.3 is 0 Å².